The molecule has 0 aromatic heterocycles. The zero-order valence-electron chi connectivity index (χ0n) is 20.4. The maximum atomic E-state index is 14.5. The van der Waals surface area contributed by atoms with Crippen molar-refractivity contribution in [3.05, 3.63) is 102 Å². The number of anilines is 1. The van der Waals surface area contributed by atoms with E-state index in [4.69, 9.17) is 0 Å². The number of rotatable bonds is 3. The van der Waals surface area contributed by atoms with Crippen molar-refractivity contribution in [2.75, 3.05) is 11.4 Å². The highest BCUT2D eigenvalue weighted by Crippen LogP contribution is 2.70. The number of likely N-dealkylation sites (N-methyl/N-ethyl adjacent to an activating group) is 1. The molecule has 0 N–H and O–H groups in total. The fourth-order valence-electron chi connectivity index (χ4n) is 7.35. The van der Waals surface area contributed by atoms with Gasteiger partial charge in [0, 0.05) is 13.5 Å². The molecular formula is C29H23N3O4S2. The van der Waals surface area contributed by atoms with Crippen LogP contribution in [-0.4, -0.2) is 53.5 Å². The van der Waals surface area contributed by atoms with Gasteiger partial charge in [0.2, 0.25) is 0 Å². The van der Waals surface area contributed by atoms with Gasteiger partial charge in [-0.3, -0.25) is 14.5 Å². The molecule has 8 rings (SSSR count). The van der Waals surface area contributed by atoms with Crippen molar-refractivity contribution in [2.24, 2.45) is 0 Å². The van der Waals surface area contributed by atoms with Gasteiger partial charge in [0.05, 0.1) is 16.0 Å². The van der Waals surface area contributed by atoms with Gasteiger partial charge in [-0.25, -0.2) is 12.7 Å². The average molecular weight is 542 g/mol. The summed E-state index contributed by atoms with van der Waals surface area (Å²) in [6.07, 6.45) is 2.31. The standard InChI is InChI=1S/C29H23N3O4S2/c1-30-25-24(33)31-26-28(17-29(31,37-25)27(30)34,21-16-15-18-9-5-6-12-20(18)21)22-13-7-8-14-23(22)32(26)38(35,36)19-10-3-2-4-11-19/h2-14,16,25-26H,15,17H2,1H3/t25-,26-,28-,29-/m0/s1. The highest BCUT2D eigenvalue weighted by Gasteiger charge is 2.80. The van der Waals surface area contributed by atoms with Crippen LogP contribution >= 0.6 is 11.8 Å². The van der Waals surface area contributed by atoms with Gasteiger partial charge < -0.3 is 4.90 Å². The Labute approximate surface area is 224 Å². The molecule has 5 aliphatic rings. The van der Waals surface area contributed by atoms with Gasteiger partial charge in [-0.05, 0) is 46.9 Å². The van der Waals surface area contributed by atoms with Crippen LogP contribution in [0.1, 0.15) is 23.1 Å². The maximum Gasteiger partial charge on any atom is 0.266 e. The first-order valence-corrected chi connectivity index (χ1v) is 14.9. The largest absolute Gasteiger partial charge is 0.322 e. The topological polar surface area (TPSA) is 78.0 Å². The minimum atomic E-state index is -4.09. The summed E-state index contributed by atoms with van der Waals surface area (Å²) in [6, 6.07) is 24.0. The molecule has 0 unspecified atom stereocenters. The number of sulfonamides is 1. The second-order valence-corrected chi connectivity index (χ2v) is 13.7. The third kappa shape index (κ3) is 2.37. The Morgan fingerprint density at radius 3 is 2.45 bits per heavy atom. The maximum absolute atomic E-state index is 14.5. The molecule has 7 nitrogen and oxygen atoms in total. The Kier molecular flexibility index (Phi) is 4.19. The minimum Gasteiger partial charge on any atom is -0.322 e. The van der Waals surface area contributed by atoms with Crippen molar-refractivity contribution < 1.29 is 18.0 Å². The van der Waals surface area contributed by atoms with E-state index in [1.165, 1.54) is 21.0 Å². The first-order chi connectivity index (χ1) is 18.3. The van der Waals surface area contributed by atoms with Crippen LogP contribution in [0.15, 0.2) is 89.8 Å². The summed E-state index contributed by atoms with van der Waals surface area (Å²) in [6.45, 7) is 0. The second-order valence-electron chi connectivity index (χ2n) is 10.5. The molecule has 2 amide bonds. The molecule has 3 aromatic carbocycles. The summed E-state index contributed by atoms with van der Waals surface area (Å²) >= 11 is 1.36. The molecule has 2 bridgehead atoms. The lowest BCUT2D eigenvalue weighted by Gasteiger charge is -2.41. The van der Waals surface area contributed by atoms with E-state index in [2.05, 4.69) is 18.2 Å². The van der Waals surface area contributed by atoms with E-state index >= 15 is 0 Å². The van der Waals surface area contributed by atoms with Crippen molar-refractivity contribution in [2.45, 2.75) is 39.6 Å². The lowest BCUT2D eigenvalue weighted by Crippen LogP contribution is -2.62. The first-order valence-electron chi connectivity index (χ1n) is 12.6. The van der Waals surface area contributed by atoms with Crippen LogP contribution in [0.4, 0.5) is 5.69 Å². The zero-order chi connectivity index (χ0) is 26.0. The number of hydrogen-bond acceptors (Lipinski definition) is 5. The molecule has 4 atom stereocenters. The molecule has 3 saturated heterocycles. The molecule has 0 radical (unpaired) electrons. The molecule has 1 aliphatic carbocycles. The molecule has 1 spiro atoms. The summed E-state index contributed by atoms with van der Waals surface area (Å²) in [5.41, 5.74) is 3.70. The predicted octanol–water partition coefficient (Wildman–Crippen LogP) is 3.57. The van der Waals surface area contributed by atoms with Crippen molar-refractivity contribution in [1.82, 2.24) is 9.80 Å². The SMILES string of the molecule is CN1C(=O)[C@@]23C[C@]4(C5=CCc6ccccc65)c5ccccc5N(S(=O)(=O)c5ccccc5)[C@@H]4N2C(=O)[C@@H]1S3. The number of hydrogen-bond donors (Lipinski definition) is 0. The number of benzene rings is 3. The Bertz CT molecular complexity index is 1720. The third-order valence-corrected chi connectivity index (χ3v) is 12.2. The number of para-hydroxylation sites is 1. The fourth-order valence-corrected chi connectivity index (χ4v) is 10.7. The molecule has 9 heteroatoms. The van der Waals surface area contributed by atoms with Crippen molar-refractivity contribution >= 4 is 44.9 Å². The number of piperazine rings is 1. The summed E-state index contributed by atoms with van der Waals surface area (Å²) in [7, 11) is -2.42. The van der Waals surface area contributed by atoms with Gasteiger partial charge in [-0.2, -0.15) is 0 Å². The molecule has 190 valence electrons. The smallest absolute Gasteiger partial charge is 0.266 e. The highest BCUT2D eigenvalue weighted by molar-refractivity contribution is 8.03. The third-order valence-electron chi connectivity index (χ3n) is 8.81. The van der Waals surface area contributed by atoms with E-state index in [1.807, 2.05) is 36.4 Å². The van der Waals surface area contributed by atoms with Gasteiger partial charge in [-0.1, -0.05) is 78.5 Å². The minimum absolute atomic E-state index is 0.137. The number of carbonyl (C=O) groups is 2. The van der Waals surface area contributed by atoms with Gasteiger partial charge in [-0.15, -0.1) is 0 Å². The molecule has 3 fully saturated rings. The summed E-state index contributed by atoms with van der Waals surface area (Å²) < 4.78 is 30.3. The van der Waals surface area contributed by atoms with Crippen LogP contribution < -0.4 is 4.31 Å². The number of allylic oxidation sites excluding steroid dienone is 1. The molecule has 4 heterocycles. The van der Waals surface area contributed by atoms with Crippen LogP contribution in [-0.2, 0) is 31.4 Å². The van der Waals surface area contributed by atoms with E-state index in [-0.39, 0.29) is 16.7 Å². The predicted molar refractivity (Wildman–Crippen MR) is 144 cm³/mol. The first kappa shape index (κ1) is 22.4. The molecular weight excluding hydrogens is 518 g/mol. The van der Waals surface area contributed by atoms with Crippen LogP contribution in [0, 0.1) is 0 Å². The van der Waals surface area contributed by atoms with Crippen LogP contribution in [0.25, 0.3) is 5.57 Å². The summed E-state index contributed by atoms with van der Waals surface area (Å²) in [5.74, 6) is -0.348. The van der Waals surface area contributed by atoms with Crippen LogP contribution in [0.3, 0.4) is 0 Å². The summed E-state index contributed by atoms with van der Waals surface area (Å²) in [5, 5.41) is -0.643. The van der Waals surface area contributed by atoms with Crippen molar-refractivity contribution in [1.29, 1.82) is 0 Å². The van der Waals surface area contributed by atoms with E-state index in [0.717, 1.165) is 28.7 Å². The number of amides is 2. The van der Waals surface area contributed by atoms with Gasteiger partial charge in [0.15, 0.2) is 10.2 Å². The molecule has 38 heavy (non-hydrogen) atoms. The Morgan fingerprint density at radius 2 is 1.63 bits per heavy atom. The van der Waals surface area contributed by atoms with E-state index in [9.17, 15) is 18.0 Å². The monoisotopic (exact) mass is 541 g/mol. The summed E-state index contributed by atoms with van der Waals surface area (Å²) in [4.78, 5) is 29.9. The lowest BCUT2D eigenvalue weighted by molar-refractivity contribution is -0.154. The fraction of sp³-hybridized carbons (Fsp3) is 0.241. The highest BCUT2D eigenvalue weighted by atomic mass is 32.2. The zero-order valence-corrected chi connectivity index (χ0v) is 22.1. The Morgan fingerprint density at radius 1 is 0.921 bits per heavy atom. The van der Waals surface area contributed by atoms with E-state index < -0.39 is 31.8 Å². The quantitative estimate of drug-likeness (QED) is 0.507. The molecule has 4 aliphatic heterocycles. The van der Waals surface area contributed by atoms with Gasteiger partial charge >= 0.3 is 0 Å². The Balaban J connectivity index is 1.45. The van der Waals surface area contributed by atoms with Gasteiger partial charge in [0.25, 0.3) is 21.8 Å². The van der Waals surface area contributed by atoms with Crippen LogP contribution in [0.2, 0.25) is 0 Å². The Hall–Kier alpha value is -3.56. The lowest BCUT2D eigenvalue weighted by atomic mass is 9.70. The number of fused-ring (bicyclic) bond motifs is 6. The number of carbonyl (C=O) groups excluding carboxylic acids is 2. The van der Waals surface area contributed by atoms with Gasteiger partial charge in [0.1, 0.15) is 6.17 Å². The number of thioether (sulfide) groups is 1. The van der Waals surface area contributed by atoms with Crippen LogP contribution in [0.5, 0.6) is 0 Å². The van der Waals surface area contributed by atoms with Crippen molar-refractivity contribution in [3.8, 4) is 0 Å². The molecule has 3 aromatic rings. The van der Waals surface area contributed by atoms with Crippen molar-refractivity contribution in [3.63, 3.8) is 0 Å². The normalized spacial score (nSPS) is 30.4. The van der Waals surface area contributed by atoms with E-state index in [1.54, 1.807) is 42.3 Å². The van der Waals surface area contributed by atoms with E-state index in [0.29, 0.717) is 12.1 Å². The number of nitrogens with zero attached hydrogens (tertiary/aromatic N) is 3. The average Bonchev–Trinajstić information content (AvgIpc) is 3.68. The second kappa shape index (κ2) is 7.09. The molecule has 0 saturated carbocycles.